The summed E-state index contributed by atoms with van der Waals surface area (Å²) < 4.78 is 12.7. The number of hydrazone groups is 1. The summed E-state index contributed by atoms with van der Waals surface area (Å²) in [5.41, 5.74) is 0.881. The Morgan fingerprint density at radius 1 is 1.47 bits per heavy atom. The molecule has 0 bridgehead atoms. The van der Waals surface area contributed by atoms with Crippen LogP contribution in [0.2, 0.25) is 0 Å². The van der Waals surface area contributed by atoms with Crippen molar-refractivity contribution in [2.75, 3.05) is 13.1 Å². The molecule has 17 heavy (non-hydrogen) atoms. The number of guanidine groups is 1. The Morgan fingerprint density at radius 2 is 2.18 bits per heavy atom. The normalized spacial score (nSPS) is 17.2. The molecule has 0 aliphatic carbocycles. The van der Waals surface area contributed by atoms with Gasteiger partial charge in [0, 0.05) is 19.6 Å². The molecule has 0 unspecified atom stereocenters. The zero-order chi connectivity index (χ0) is 12.3. The van der Waals surface area contributed by atoms with E-state index < -0.39 is 5.03 Å². The third-order valence-corrected chi connectivity index (χ3v) is 2.43. The van der Waals surface area contributed by atoms with E-state index in [0.29, 0.717) is 19.6 Å². The molecule has 0 amide bonds. The van der Waals surface area contributed by atoms with Crippen LogP contribution in [0.5, 0.6) is 0 Å². The van der Waals surface area contributed by atoms with E-state index in [2.05, 4.69) is 10.4 Å². The van der Waals surface area contributed by atoms with Gasteiger partial charge in [0.1, 0.15) is 10.9 Å². The maximum Gasteiger partial charge on any atom is 0.271 e. The highest BCUT2D eigenvalue weighted by Gasteiger charge is 2.21. The molecule has 0 radical (unpaired) electrons. The first-order chi connectivity index (χ1) is 8.15. The van der Waals surface area contributed by atoms with Gasteiger partial charge in [0.2, 0.25) is 0 Å². The monoisotopic (exact) mass is 238 g/mol. The molecule has 0 aromatic heterocycles. The average Bonchev–Trinajstić information content (AvgIpc) is 2.68. The maximum absolute atomic E-state index is 12.7. The highest BCUT2D eigenvalue weighted by Crippen LogP contribution is 2.08. The minimum atomic E-state index is -0.731. The molecule has 0 atom stereocenters. The number of hydrogen-bond donors (Lipinski definition) is 1. The Bertz CT molecular complexity index is 446. The van der Waals surface area contributed by atoms with E-state index in [0.717, 1.165) is 5.56 Å². The molecule has 1 N–H and O–H groups in total. The lowest BCUT2D eigenvalue weighted by Crippen LogP contribution is -2.30. The maximum atomic E-state index is 12.7. The Kier molecular flexibility index (Phi) is 3.17. The SMILES string of the molecule is O=[N+]([O-])N=C1NCCN1Cc1ccc(F)cc1. The molecule has 2 rings (SSSR count). The zero-order valence-electron chi connectivity index (χ0n) is 8.97. The van der Waals surface area contributed by atoms with Gasteiger partial charge in [0.25, 0.3) is 5.96 Å². The first-order valence-electron chi connectivity index (χ1n) is 5.11. The first kappa shape index (κ1) is 11.3. The van der Waals surface area contributed by atoms with Crippen molar-refractivity contribution in [2.24, 2.45) is 5.10 Å². The lowest BCUT2D eigenvalue weighted by molar-refractivity contribution is -0.485. The summed E-state index contributed by atoms with van der Waals surface area (Å²) in [6, 6.07) is 6.03. The molecule has 1 heterocycles. The van der Waals surface area contributed by atoms with Crippen LogP contribution in [0.4, 0.5) is 4.39 Å². The third kappa shape index (κ3) is 2.90. The van der Waals surface area contributed by atoms with Gasteiger partial charge in [-0.2, -0.15) is 0 Å². The summed E-state index contributed by atoms with van der Waals surface area (Å²) in [4.78, 5) is 12.0. The minimum absolute atomic E-state index is 0.249. The number of hydrogen-bond acceptors (Lipinski definition) is 2. The van der Waals surface area contributed by atoms with Crippen molar-refractivity contribution < 1.29 is 9.42 Å². The summed E-state index contributed by atoms with van der Waals surface area (Å²) in [6.45, 7) is 1.73. The van der Waals surface area contributed by atoms with Gasteiger partial charge in [0.15, 0.2) is 5.03 Å². The second-order valence-corrected chi connectivity index (χ2v) is 3.64. The topological polar surface area (TPSA) is 70.8 Å². The highest BCUT2D eigenvalue weighted by molar-refractivity contribution is 5.81. The minimum Gasteiger partial charge on any atom is -0.349 e. The Balaban J connectivity index is 2.07. The summed E-state index contributed by atoms with van der Waals surface area (Å²) in [6.07, 6.45) is 0. The number of nitrogens with one attached hydrogen (secondary N) is 1. The van der Waals surface area contributed by atoms with Crippen molar-refractivity contribution in [2.45, 2.75) is 6.54 Å². The molecular weight excluding hydrogens is 227 g/mol. The zero-order valence-corrected chi connectivity index (χ0v) is 8.97. The van der Waals surface area contributed by atoms with Gasteiger partial charge in [-0.25, -0.2) is 14.5 Å². The molecule has 6 nitrogen and oxygen atoms in total. The second-order valence-electron chi connectivity index (χ2n) is 3.64. The smallest absolute Gasteiger partial charge is 0.271 e. The second kappa shape index (κ2) is 4.77. The van der Waals surface area contributed by atoms with Gasteiger partial charge < -0.3 is 10.2 Å². The van der Waals surface area contributed by atoms with Crippen LogP contribution in [0.25, 0.3) is 0 Å². The van der Waals surface area contributed by atoms with Gasteiger partial charge in [-0.15, -0.1) is 0 Å². The van der Waals surface area contributed by atoms with Gasteiger partial charge in [-0.3, -0.25) is 0 Å². The standard InChI is InChI=1S/C10H11FN4O2/c11-9-3-1-8(2-4-9)7-14-6-5-12-10(14)13-15(16)17/h1-4H,5-7H2,(H,12,13). The fourth-order valence-corrected chi connectivity index (χ4v) is 1.66. The van der Waals surface area contributed by atoms with Crippen molar-refractivity contribution in [1.82, 2.24) is 10.2 Å². The van der Waals surface area contributed by atoms with E-state index >= 15 is 0 Å². The highest BCUT2D eigenvalue weighted by atomic mass is 19.1. The van der Waals surface area contributed by atoms with Crippen LogP contribution < -0.4 is 5.32 Å². The van der Waals surface area contributed by atoms with E-state index in [1.807, 2.05) is 0 Å². The van der Waals surface area contributed by atoms with Crippen LogP contribution >= 0.6 is 0 Å². The Hall–Kier alpha value is -2.18. The molecule has 0 spiro atoms. The van der Waals surface area contributed by atoms with E-state index in [1.165, 1.54) is 12.1 Å². The van der Waals surface area contributed by atoms with Crippen molar-refractivity contribution >= 4 is 5.96 Å². The van der Waals surface area contributed by atoms with Crippen LogP contribution in [-0.2, 0) is 6.54 Å². The van der Waals surface area contributed by atoms with Gasteiger partial charge >= 0.3 is 0 Å². The molecule has 1 aliphatic heterocycles. The quantitative estimate of drug-likeness (QED) is 0.624. The van der Waals surface area contributed by atoms with Gasteiger partial charge in [-0.05, 0) is 17.7 Å². The summed E-state index contributed by atoms with van der Waals surface area (Å²) in [5.74, 6) is -0.0493. The molecular formula is C10H11FN4O2. The number of halogens is 1. The van der Waals surface area contributed by atoms with Gasteiger partial charge in [0.05, 0.1) is 0 Å². The first-order valence-corrected chi connectivity index (χ1v) is 5.11. The molecule has 7 heteroatoms. The van der Waals surface area contributed by atoms with Crippen LogP contribution in [0.1, 0.15) is 5.56 Å². The van der Waals surface area contributed by atoms with Crippen LogP contribution in [-0.4, -0.2) is 29.0 Å². The molecule has 0 saturated carbocycles. The van der Waals surface area contributed by atoms with Crippen molar-refractivity contribution in [3.8, 4) is 0 Å². The van der Waals surface area contributed by atoms with Crippen molar-refractivity contribution in [1.29, 1.82) is 0 Å². The summed E-state index contributed by atoms with van der Waals surface area (Å²) in [5, 5.41) is 15.6. The van der Waals surface area contributed by atoms with E-state index in [4.69, 9.17) is 0 Å². The molecule has 1 aliphatic rings. The van der Waals surface area contributed by atoms with Crippen molar-refractivity contribution in [3.63, 3.8) is 0 Å². The lowest BCUT2D eigenvalue weighted by atomic mass is 10.2. The number of rotatable bonds is 3. The van der Waals surface area contributed by atoms with Crippen LogP contribution in [0.15, 0.2) is 29.4 Å². The van der Waals surface area contributed by atoms with Crippen LogP contribution in [0, 0.1) is 15.9 Å². The number of nitro groups is 1. The molecule has 1 saturated heterocycles. The fourth-order valence-electron chi connectivity index (χ4n) is 1.66. The summed E-state index contributed by atoms with van der Waals surface area (Å²) >= 11 is 0. The summed E-state index contributed by atoms with van der Waals surface area (Å²) in [7, 11) is 0. The third-order valence-electron chi connectivity index (χ3n) is 2.43. The van der Waals surface area contributed by atoms with E-state index in [-0.39, 0.29) is 11.8 Å². The Labute approximate surface area is 96.9 Å². The van der Waals surface area contributed by atoms with Crippen LogP contribution in [0.3, 0.4) is 0 Å². The van der Waals surface area contributed by atoms with Gasteiger partial charge in [-0.1, -0.05) is 12.1 Å². The van der Waals surface area contributed by atoms with E-state index in [9.17, 15) is 14.5 Å². The molecule has 1 aromatic rings. The average molecular weight is 238 g/mol. The number of benzene rings is 1. The van der Waals surface area contributed by atoms with E-state index in [1.54, 1.807) is 17.0 Å². The molecule has 1 aromatic carbocycles. The fraction of sp³-hybridized carbons (Fsp3) is 0.300. The molecule has 1 fully saturated rings. The largest absolute Gasteiger partial charge is 0.349 e. The van der Waals surface area contributed by atoms with Crippen molar-refractivity contribution in [3.05, 3.63) is 45.8 Å². The number of nitrogens with zero attached hydrogens (tertiary/aromatic N) is 3. The lowest BCUT2D eigenvalue weighted by Gasteiger charge is -2.15. The molecule has 90 valence electrons. The predicted molar refractivity (Wildman–Crippen MR) is 59.2 cm³/mol. The predicted octanol–water partition coefficient (Wildman–Crippen LogP) is 0.779. The Morgan fingerprint density at radius 3 is 2.82 bits per heavy atom.